The van der Waals surface area contributed by atoms with E-state index in [1.54, 1.807) is 12.5 Å². The quantitative estimate of drug-likeness (QED) is 0.553. The highest BCUT2D eigenvalue weighted by Gasteiger charge is 2.28. The number of thiophene rings is 1. The van der Waals surface area contributed by atoms with Gasteiger partial charge in [0.2, 0.25) is 0 Å². The Labute approximate surface area is 188 Å². The van der Waals surface area contributed by atoms with E-state index < -0.39 is 15.6 Å². The van der Waals surface area contributed by atoms with Gasteiger partial charge in [0.05, 0.1) is 18.0 Å². The molecule has 0 aliphatic rings. The summed E-state index contributed by atoms with van der Waals surface area (Å²) in [6.07, 6.45) is 6.07. The minimum absolute atomic E-state index is 0.261. The maximum Gasteiger partial charge on any atom is 0.251 e. The lowest BCUT2D eigenvalue weighted by molar-refractivity contribution is 0.493. The Morgan fingerprint density at radius 3 is 2.55 bits per heavy atom. The fourth-order valence-corrected chi connectivity index (χ4v) is 6.72. The highest BCUT2D eigenvalue weighted by Crippen LogP contribution is 2.38. The lowest BCUT2D eigenvalue weighted by atomic mass is 9.99. The summed E-state index contributed by atoms with van der Waals surface area (Å²) in [6, 6.07) is 9.79. The number of hydrogen-bond acceptors (Lipinski definition) is 5. The zero-order valence-corrected chi connectivity index (χ0v) is 20.1. The molecule has 6 nitrogen and oxygen atoms in total. The number of aromatic nitrogens is 2. The molecule has 0 saturated carbocycles. The maximum absolute atomic E-state index is 13.2. The van der Waals surface area contributed by atoms with Crippen molar-refractivity contribution < 1.29 is 8.42 Å². The maximum atomic E-state index is 13.2. The number of nitrogens with one attached hydrogen (secondary N) is 1. The summed E-state index contributed by atoms with van der Waals surface area (Å²) < 4.78 is 31.4. The van der Waals surface area contributed by atoms with Gasteiger partial charge in [0.25, 0.3) is 10.0 Å². The number of nitriles is 1. The molecule has 0 fully saturated rings. The van der Waals surface area contributed by atoms with E-state index in [0.717, 1.165) is 16.9 Å². The smallest absolute Gasteiger partial charge is 0.251 e. The van der Waals surface area contributed by atoms with Crippen molar-refractivity contribution in [3.05, 3.63) is 59.0 Å². The van der Waals surface area contributed by atoms with Crippen LogP contribution in [0.3, 0.4) is 0 Å². The molecular formula is C23H28N4O2S2. The van der Waals surface area contributed by atoms with Gasteiger partial charge in [0.15, 0.2) is 0 Å². The van der Waals surface area contributed by atoms with Crippen molar-refractivity contribution in [2.75, 3.05) is 0 Å². The highest BCUT2D eigenvalue weighted by atomic mass is 32.2. The highest BCUT2D eigenvalue weighted by molar-refractivity contribution is 7.91. The average Bonchev–Trinajstić information content (AvgIpc) is 3.29. The molecule has 0 aliphatic heterocycles. The molecule has 0 amide bonds. The van der Waals surface area contributed by atoms with Gasteiger partial charge in [-0.15, -0.1) is 11.3 Å². The van der Waals surface area contributed by atoms with Gasteiger partial charge in [-0.25, -0.2) is 18.1 Å². The Balaban J connectivity index is 2.10. The van der Waals surface area contributed by atoms with Gasteiger partial charge in [-0.2, -0.15) is 5.26 Å². The van der Waals surface area contributed by atoms with Crippen molar-refractivity contribution in [3.63, 3.8) is 0 Å². The van der Waals surface area contributed by atoms with Crippen molar-refractivity contribution in [2.24, 2.45) is 5.92 Å². The topological polar surface area (TPSA) is 87.8 Å². The van der Waals surface area contributed by atoms with Crippen molar-refractivity contribution in [1.82, 2.24) is 14.3 Å². The number of hydrogen-bond donors (Lipinski definition) is 1. The molecule has 8 heteroatoms. The molecule has 1 aromatic carbocycles. The second-order valence-electron chi connectivity index (χ2n) is 9.09. The molecule has 0 bridgehead atoms. The Morgan fingerprint density at radius 2 is 1.97 bits per heavy atom. The first-order chi connectivity index (χ1) is 14.5. The van der Waals surface area contributed by atoms with E-state index >= 15 is 0 Å². The summed E-state index contributed by atoms with van der Waals surface area (Å²) in [5.41, 5.74) is 2.03. The normalized spacial score (nSPS) is 12.3. The molecular weight excluding hydrogens is 428 g/mol. The summed E-state index contributed by atoms with van der Waals surface area (Å²) in [6.45, 7) is 10.3. The molecule has 0 radical (unpaired) electrons. The van der Waals surface area contributed by atoms with Crippen molar-refractivity contribution >= 4 is 21.4 Å². The van der Waals surface area contributed by atoms with Gasteiger partial charge < -0.3 is 4.57 Å². The van der Waals surface area contributed by atoms with Crippen molar-refractivity contribution in [1.29, 1.82) is 5.26 Å². The molecule has 0 atom stereocenters. The van der Waals surface area contributed by atoms with Crippen LogP contribution in [0, 0.1) is 17.2 Å². The third kappa shape index (κ3) is 5.82. The fourth-order valence-electron chi connectivity index (χ4n) is 3.37. The molecule has 164 valence electrons. The van der Waals surface area contributed by atoms with Crippen molar-refractivity contribution in [3.8, 4) is 17.2 Å². The van der Waals surface area contributed by atoms with Crippen LogP contribution >= 0.6 is 11.3 Å². The molecule has 1 N–H and O–H groups in total. The molecule has 3 rings (SSSR count). The molecule has 0 aliphatic carbocycles. The Morgan fingerprint density at radius 1 is 1.23 bits per heavy atom. The van der Waals surface area contributed by atoms with Crippen LogP contribution < -0.4 is 4.72 Å². The molecule has 2 heterocycles. The van der Waals surface area contributed by atoms with Gasteiger partial charge in [-0.05, 0) is 50.8 Å². The molecule has 0 unspecified atom stereocenters. The number of nitrogens with zero attached hydrogens (tertiary/aromatic N) is 3. The summed E-state index contributed by atoms with van der Waals surface area (Å²) >= 11 is 1.29. The number of imidazole rings is 1. The molecule has 31 heavy (non-hydrogen) atoms. The van der Waals surface area contributed by atoms with Crippen LogP contribution in [0.5, 0.6) is 0 Å². The number of benzene rings is 1. The van der Waals surface area contributed by atoms with E-state index in [0.29, 0.717) is 29.2 Å². The van der Waals surface area contributed by atoms with E-state index in [1.165, 1.54) is 11.3 Å². The third-order valence-electron chi connectivity index (χ3n) is 4.46. The van der Waals surface area contributed by atoms with E-state index in [4.69, 9.17) is 0 Å². The molecule has 0 spiro atoms. The second-order valence-corrected chi connectivity index (χ2v) is 12.1. The zero-order valence-electron chi connectivity index (χ0n) is 18.5. The first-order valence-electron chi connectivity index (χ1n) is 10.1. The minimum Gasteiger partial charge on any atom is -0.333 e. The summed E-state index contributed by atoms with van der Waals surface area (Å²) in [5, 5.41) is 9.83. The largest absolute Gasteiger partial charge is 0.333 e. The fraction of sp³-hybridized carbons (Fsp3) is 0.391. The van der Waals surface area contributed by atoms with Crippen LogP contribution in [-0.4, -0.2) is 23.5 Å². The number of rotatable bonds is 7. The molecule has 2 aromatic heterocycles. The Kier molecular flexibility index (Phi) is 6.70. The predicted octanol–water partition coefficient (Wildman–Crippen LogP) is 4.81. The lowest BCUT2D eigenvalue weighted by Crippen LogP contribution is -2.40. The summed E-state index contributed by atoms with van der Waals surface area (Å²) in [7, 11) is -3.74. The third-order valence-corrected chi connectivity index (χ3v) is 7.91. The first kappa shape index (κ1) is 23.2. The van der Waals surface area contributed by atoms with Crippen LogP contribution in [0.25, 0.3) is 11.1 Å². The summed E-state index contributed by atoms with van der Waals surface area (Å²) in [4.78, 5) is 5.04. The lowest BCUT2D eigenvalue weighted by Gasteiger charge is -2.20. The first-order valence-corrected chi connectivity index (χ1v) is 12.4. The van der Waals surface area contributed by atoms with E-state index in [2.05, 4.69) is 29.6 Å². The monoisotopic (exact) mass is 456 g/mol. The van der Waals surface area contributed by atoms with Crippen molar-refractivity contribution in [2.45, 2.75) is 57.3 Å². The standard InChI is InChI=1S/C23H28N4O2S2/c1-16(2)10-19-12-21(22(30-19)31(28,29)26-23(3,4)5)20-7-6-17(11-18(20)13-24)14-27-9-8-25-15-27/h6-9,11-12,15-16,26H,10,14H2,1-5H3. The zero-order chi connectivity index (χ0) is 22.8. The van der Waals surface area contributed by atoms with E-state index in [-0.39, 0.29) is 4.21 Å². The predicted molar refractivity (Wildman–Crippen MR) is 124 cm³/mol. The Hall–Kier alpha value is -2.47. The van der Waals surface area contributed by atoms with Gasteiger partial charge in [0.1, 0.15) is 4.21 Å². The van der Waals surface area contributed by atoms with E-state index in [9.17, 15) is 13.7 Å². The summed E-state index contributed by atoms with van der Waals surface area (Å²) in [5.74, 6) is 0.394. The molecule has 0 saturated heterocycles. The van der Waals surface area contributed by atoms with Crippen LogP contribution in [0.4, 0.5) is 0 Å². The van der Waals surface area contributed by atoms with Crippen LogP contribution in [-0.2, 0) is 23.0 Å². The van der Waals surface area contributed by atoms with Crippen LogP contribution in [0.15, 0.2) is 47.2 Å². The van der Waals surface area contributed by atoms with Gasteiger partial charge in [-0.1, -0.05) is 26.0 Å². The molecule has 3 aromatic rings. The van der Waals surface area contributed by atoms with Gasteiger partial charge >= 0.3 is 0 Å². The number of sulfonamides is 1. The SMILES string of the molecule is CC(C)Cc1cc(-c2ccc(Cn3ccnc3)cc2C#N)c(S(=O)(=O)NC(C)(C)C)s1. The second kappa shape index (κ2) is 8.95. The van der Waals surface area contributed by atoms with Crippen LogP contribution in [0.1, 0.15) is 50.6 Å². The van der Waals surface area contributed by atoms with Crippen LogP contribution in [0.2, 0.25) is 0 Å². The Bertz CT molecular complexity index is 1200. The van der Waals surface area contributed by atoms with E-state index in [1.807, 2.05) is 55.8 Å². The van der Waals surface area contributed by atoms with Gasteiger partial charge in [0, 0.05) is 40.5 Å². The minimum atomic E-state index is -3.74. The van der Waals surface area contributed by atoms with Gasteiger partial charge in [-0.3, -0.25) is 0 Å². The average molecular weight is 457 g/mol.